The second kappa shape index (κ2) is 7.09. The first kappa shape index (κ1) is 15.3. The third kappa shape index (κ3) is 3.74. The number of aliphatic hydroxyl groups excluding tert-OH is 1. The van der Waals surface area contributed by atoms with E-state index in [4.69, 9.17) is 4.74 Å². The summed E-state index contributed by atoms with van der Waals surface area (Å²) in [4.78, 5) is 0. The lowest BCUT2D eigenvalue weighted by molar-refractivity contribution is 0.124. The molecule has 112 valence electrons. The molecule has 1 aliphatic carbocycles. The van der Waals surface area contributed by atoms with Gasteiger partial charge in [0.1, 0.15) is 5.75 Å². The maximum absolute atomic E-state index is 10.4. The van der Waals surface area contributed by atoms with E-state index in [9.17, 15) is 5.11 Å². The SMILES string of the molecule is COc1ccc(C(O)C(C)NC(C)C2CCCC2)cc1. The van der Waals surface area contributed by atoms with Gasteiger partial charge in [0.2, 0.25) is 0 Å². The molecule has 1 saturated carbocycles. The van der Waals surface area contributed by atoms with Crippen LogP contribution in [0.15, 0.2) is 24.3 Å². The van der Waals surface area contributed by atoms with Crippen LogP contribution in [0.5, 0.6) is 5.75 Å². The van der Waals surface area contributed by atoms with Crippen molar-refractivity contribution in [2.75, 3.05) is 7.11 Å². The summed E-state index contributed by atoms with van der Waals surface area (Å²) in [5.41, 5.74) is 0.935. The minimum atomic E-state index is -0.482. The Labute approximate surface area is 122 Å². The van der Waals surface area contributed by atoms with Crippen molar-refractivity contribution < 1.29 is 9.84 Å². The van der Waals surface area contributed by atoms with Crippen LogP contribution in [-0.4, -0.2) is 24.3 Å². The van der Waals surface area contributed by atoms with Crippen molar-refractivity contribution in [3.63, 3.8) is 0 Å². The molecule has 0 amide bonds. The smallest absolute Gasteiger partial charge is 0.118 e. The molecule has 3 heteroatoms. The van der Waals surface area contributed by atoms with Crippen molar-refractivity contribution in [1.29, 1.82) is 0 Å². The van der Waals surface area contributed by atoms with Crippen molar-refractivity contribution in [3.05, 3.63) is 29.8 Å². The minimum Gasteiger partial charge on any atom is -0.497 e. The highest BCUT2D eigenvalue weighted by Gasteiger charge is 2.25. The zero-order valence-corrected chi connectivity index (χ0v) is 12.8. The summed E-state index contributed by atoms with van der Waals surface area (Å²) in [7, 11) is 1.65. The Morgan fingerprint density at radius 3 is 2.30 bits per heavy atom. The molecule has 0 saturated heterocycles. The molecule has 0 spiro atoms. The second-order valence-electron chi connectivity index (χ2n) is 6.01. The lowest BCUT2D eigenvalue weighted by atomic mass is 9.97. The van der Waals surface area contributed by atoms with Crippen LogP contribution in [0.4, 0.5) is 0 Å². The van der Waals surface area contributed by atoms with Gasteiger partial charge in [-0.3, -0.25) is 0 Å². The van der Waals surface area contributed by atoms with Crippen LogP contribution in [0, 0.1) is 5.92 Å². The predicted octanol–water partition coefficient (Wildman–Crippen LogP) is 3.29. The number of aliphatic hydroxyl groups is 1. The molecule has 3 atom stereocenters. The van der Waals surface area contributed by atoms with Crippen LogP contribution in [0.25, 0.3) is 0 Å². The fourth-order valence-electron chi connectivity index (χ4n) is 3.19. The summed E-state index contributed by atoms with van der Waals surface area (Å²) in [6.45, 7) is 4.30. The van der Waals surface area contributed by atoms with E-state index in [2.05, 4.69) is 19.2 Å². The topological polar surface area (TPSA) is 41.5 Å². The van der Waals surface area contributed by atoms with Crippen LogP contribution in [0.2, 0.25) is 0 Å². The molecule has 0 aromatic heterocycles. The maximum atomic E-state index is 10.4. The van der Waals surface area contributed by atoms with E-state index in [0.29, 0.717) is 6.04 Å². The summed E-state index contributed by atoms with van der Waals surface area (Å²) >= 11 is 0. The molecule has 3 unspecified atom stereocenters. The molecular weight excluding hydrogens is 250 g/mol. The van der Waals surface area contributed by atoms with Gasteiger partial charge in [0, 0.05) is 12.1 Å². The molecule has 1 aromatic carbocycles. The van der Waals surface area contributed by atoms with Crippen molar-refractivity contribution in [3.8, 4) is 5.75 Å². The molecule has 1 aliphatic rings. The molecule has 0 aliphatic heterocycles. The Balaban J connectivity index is 1.91. The van der Waals surface area contributed by atoms with Gasteiger partial charge in [0.25, 0.3) is 0 Å². The van der Waals surface area contributed by atoms with Gasteiger partial charge in [-0.2, -0.15) is 0 Å². The highest BCUT2D eigenvalue weighted by Crippen LogP contribution is 2.28. The summed E-state index contributed by atoms with van der Waals surface area (Å²) in [5, 5.41) is 14.0. The maximum Gasteiger partial charge on any atom is 0.118 e. The minimum absolute atomic E-state index is 0.0546. The van der Waals surface area contributed by atoms with E-state index >= 15 is 0 Å². The number of rotatable bonds is 6. The highest BCUT2D eigenvalue weighted by atomic mass is 16.5. The van der Waals surface area contributed by atoms with Crippen molar-refractivity contribution in [2.45, 2.75) is 57.7 Å². The predicted molar refractivity (Wildman–Crippen MR) is 82.0 cm³/mol. The molecule has 2 rings (SSSR count). The van der Waals surface area contributed by atoms with E-state index in [1.807, 2.05) is 24.3 Å². The van der Waals surface area contributed by atoms with E-state index < -0.39 is 6.10 Å². The molecule has 20 heavy (non-hydrogen) atoms. The Morgan fingerprint density at radius 2 is 1.75 bits per heavy atom. The molecule has 3 nitrogen and oxygen atoms in total. The van der Waals surface area contributed by atoms with Crippen LogP contribution in [0.1, 0.15) is 51.2 Å². The van der Waals surface area contributed by atoms with E-state index in [1.54, 1.807) is 7.11 Å². The first-order valence-corrected chi connectivity index (χ1v) is 7.70. The van der Waals surface area contributed by atoms with Crippen LogP contribution in [0.3, 0.4) is 0 Å². The van der Waals surface area contributed by atoms with Gasteiger partial charge >= 0.3 is 0 Å². The van der Waals surface area contributed by atoms with Gasteiger partial charge in [-0.25, -0.2) is 0 Å². The monoisotopic (exact) mass is 277 g/mol. The Morgan fingerprint density at radius 1 is 1.15 bits per heavy atom. The summed E-state index contributed by atoms with van der Waals surface area (Å²) in [6.07, 6.45) is 4.86. The van der Waals surface area contributed by atoms with Crippen LogP contribution in [-0.2, 0) is 0 Å². The molecular formula is C17H27NO2. The standard InChI is InChI=1S/C17H27NO2/c1-12(14-6-4-5-7-14)18-13(2)17(19)15-8-10-16(20-3)11-9-15/h8-14,17-19H,4-7H2,1-3H3. The number of hydrogen-bond donors (Lipinski definition) is 2. The number of methoxy groups -OCH3 is 1. The normalized spacial score (nSPS) is 20.6. The van der Waals surface area contributed by atoms with E-state index in [0.717, 1.165) is 17.2 Å². The lowest BCUT2D eigenvalue weighted by Gasteiger charge is -2.28. The van der Waals surface area contributed by atoms with Crippen LogP contribution >= 0.6 is 0 Å². The van der Waals surface area contributed by atoms with Crippen molar-refractivity contribution in [1.82, 2.24) is 5.32 Å². The number of nitrogens with one attached hydrogen (secondary N) is 1. The average Bonchev–Trinajstić information content (AvgIpc) is 3.01. The fourth-order valence-corrected chi connectivity index (χ4v) is 3.19. The Kier molecular flexibility index (Phi) is 5.44. The van der Waals surface area contributed by atoms with E-state index in [1.165, 1.54) is 25.7 Å². The van der Waals surface area contributed by atoms with Crippen molar-refractivity contribution in [2.24, 2.45) is 5.92 Å². The van der Waals surface area contributed by atoms with Gasteiger partial charge < -0.3 is 15.2 Å². The molecule has 1 aromatic rings. The Bertz CT molecular complexity index is 398. The fraction of sp³-hybridized carbons (Fsp3) is 0.647. The van der Waals surface area contributed by atoms with Gasteiger partial charge in [0.15, 0.2) is 0 Å². The van der Waals surface area contributed by atoms with Crippen molar-refractivity contribution >= 4 is 0 Å². The summed E-state index contributed by atoms with van der Waals surface area (Å²) < 4.78 is 5.14. The average molecular weight is 277 g/mol. The largest absolute Gasteiger partial charge is 0.497 e. The second-order valence-corrected chi connectivity index (χ2v) is 6.01. The highest BCUT2D eigenvalue weighted by molar-refractivity contribution is 5.29. The van der Waals surface area contributed by atoms with Gasteiger partial charge in [-0.1, -0.05) is 25.0 Å². The zero-order chi connectivity index (χ0) is 14.5. The first-order valence-electron chi connectivity index (χ1n) is 7.70. The quantitative estimate of drug-likeness (QED) is 0.838. The molecule has 0 heterocycles. The lowest BCUT2D eigenvalue weighted by Crippen LogP contribution is -2.41. The van der Waals surface area contributed by atoms with Gasteiger partial charge in [-0.05, 0) is 50.3 Å². The molecule has 1 fully saturated rings. The van der Waals surface area contributed by atoms with Gasteiger partial charge in [0.05, 0.1) is 13.2 Å². The Hall–Kier alpha value is -1.06. The van der Waals surface area contributed by atoms with E-state index in [-0.39, 0.29) is 6.04 Å². The molecule has 0 radical (unpaired) electrons. The van der Waals surface area contributed by atoms with Gasteiger partial charge in [-0.15, -0.1) is 0 Å². The first-order chi connectivity index (χ1) is 9.61. The third-order valence-corrected chi connectivity index (χ3v) is 4.56. The number of ether oxygens (including phenoxy) is 1. The number of benzene rings is 1. The summed E-state index contributed by atoms with van der Waals surface area (Å²) in [6, 6.07) is 8.18. The summed E-state index contributed by atoms with van der Waals surface area (Å²) in [5.74, 6) is 1.58. The molecule has 0 bridgehead atoms. The third-order valence-electron chi connectivity index (χ3n) is 4.56. The zero-order valence-electron chi connectivity index (χ0n) is 12.8. The van der Waals surface area contributed by atoms with Crippen LogP contribution < -0.4 is 10.1 Å². The number of hydrogen-bond acceptors (Lipinski definition) is 3. The molecule has 2 N–H and O–H groups in total.